The summed E-state index contributed by atoms with van der Waals surface area (Å²) in [6.07, 6.45) is 1.07. The third-order valence-electron chi connectivity index (χ3n) is 2.55. The zero-order chi connectivity index (χ0) is 12.5. The van der Waals surface area contributed by atoms with E-state index in [0.717, 1.165) is 13.0 Å². The van der Waals surface area contributed by atoms with E-state index in [1.54, 1.807) is 0 Å². The molecule has 4 nitrogen and oxygen atoms in total. The molecule has 1 aromatic carbocycles. The molecule has 0 aliphatic heterocycles. The molecule has 1 amide bonds. The number of benzene rings is 1. The summed E-state index contributed by atoms with van der Waals surface area (Å²) in [4.78, 5) is 10.0. The van der Waals surface area contributed by atoms with Crippen molar-refractivity contribution >= 4 is 6.41 Å². The summed E-state index contributed by atoms with van der Waals surface area (Å²) >= 11 is 0. The third-order valence-corrected chi connectivity index (χ3v) is 2.55. The summed E-state index contributed by atoms with van der Waals surface area (Å²) in [6, 6.07) is 8.36. The Morgan fingerprint density at radius 2 is 2.12 bits per heavy atom. The molecule has 1 aromatic rings. The molecular weight excluding hydrogens is 216 g/mol. The van der Waals surface area contributed by atoms with Gasteiger partial charge in [0.25, 0.3) is 0 Å². The molecule has 0 saturated carbocycles. The van der Waals surface area contributed by atoms with E-state index in [2.05, 4.69) is 35.8 Å². The van der Waals surface area contributed by atoms with Crippen LogP contribution in [0.4, 0.5) is 0 Å². The van der Waals surface area contributed by atoms with Crippen molar-refractivity contribution in [2.45, 2.75) is 26.0 Å². The Kier molecular flexibility index (Phi) is 6.29. The second-order valence-electron chi connectivity index (χ2n) is 3.98. The average Bonchev–Trinajstić information content (AvgIpc) is 2.36. The third kappa shape index (κ3) is 5.47. The lowest BCUT2D eigenvalue weighted by molar-refractivity contribution is -0.109. The highest BCUT2D eigenvalue weighted by molar-refractivity contribution is 5.45. The van der Waals surface area contributed by atoms with Gasteiger partial charge in [0.15, 0.2) is 0 Å². The zero-order valence-corrected chi connectivity index (χ0v) is 10.1. The van der Waals surface area contributed by atoms with E-state index in [-0.39, 0.29) is 6.54 Å². The van der Waals surface area contributed by atoms with Crippen LogP contribution in [0.15, 0.2) is 24.3 Å². The summed E-state index contributed by atoms with van der Waals surface area (Å²) in [6.45, 7) is 3.61. The quantitative estimate of drug-likeness (QED) is 0.574. The first kappa shape index (κ1) is 13.7. The minimum absolute atomic E-state index is 0.283. The lowest BCUT2D eigenvalue weighted by Gasteiger charge is -2.11. The smallest absolute Gasteiger partial charge is 0.207 e. The molecule has 0 aromatic heterocycles. The summed E-state index contributed by atoms with van der Waals surface area (Å²) < 4.78 is 0. The van der Waals surface area contributed by atoms with Crippen molar-refractivity contribution in [1.82, 2.24) is 10.6 Å². The van der Waals surface area contributed by atoms with Gasteiger partial charge in [0.1, 0.15) is 0 Å². The number of amides is 1. The molecule has 3 N–H and O–H groups in total. The van der Waals surface area contributed by atoms with Gasteiger partial charge in [0, 0.05) is 19.6 Å². The van der Waals surface area contributed by atoms with Crippen molar-refractivity contribution in [2.24, 2.45) is 0 Å². The number of nitrogens with one attached hydrogen (secondary N) is 2. The van der Waals surface area contributed by atoms with Crippen LogP contribution in [-0.4, -0.2) is 30.7 Å². The Labute approximate surface area is 102 Å². The minimum atomic E-state index is -0.547. The molecule has 0 aliphatic carbocycles. The molecule has 1 atom stereocenters. The Bertz CT molecular complexity index is 342. The topological polar surface area (TPSA) is 61.4 Å². The first-order valence-electron chi connectivity index (χ1n) is 5.90. The molecule has 94 valence electrons. The van der Waals surface area contributed by atoms with Gasteiger partial charge in [-0.2, -0.15) is 0 Å². The Morgan fingerprint density at radius 1 is 1.35 bits per heavy atom. The Hall–Kier alpha value is -1.39. The predicted molar refractivity (Wildman–Crippen MR) is 67.6 cm³/mol. The van der Waals surface area contributed by atoms with E-state index in [1.165, 1.54) is 11.1 Å². The number of carbonyl (C=O) groups is 1. The van der Waals surface area contributed by atoms with Gasteiger partial charge in [0.2, 0.25) is 6.41 Å². The molecule has 4 heteroatoms. The maximum Gasteiger partial charge on any atom is 0.207 e. The highest BCUT2D eigenvalue weighted by Gasteiger charge is 2.02. The van der Waals surface area contributed by atoms with Crippen LogP contribution in [0.2, 0.25) is 0 Å². The van der Waals surface area contributed by atoms with Gasteiger partial charge >= 0.3 is 0 Å². The van der Waals surface area contributed by atoms with Gasteiger partial charge in [-0.05, 0) is 17.5 Å². The SMILES string of the molecule is CCc1cccc(CNCC(O)CNC=O)c1. The van der Waals surface area contributed by atoms with Crippen molar-refractivity contribution in [2.75, 3.05) is 13.1 Å². The Morgan fingerprint density at radius 3 is 2.82 bits per heavy atom. The standard InChI is InChI=1S/C13H20N2O2/c1-2-11-4-3-5-12(6-11)7-14-8-13(17)9-15-10-16/h3-6,10,13-14,17H,2,7-9H2,1H3,(H,15,16). The molecule has 0 saturated heterocycles. The number of rotatable bonds is 8. The normalized spacial score (nSPS) is 12.1. The van der Waals surface area contributed by atoms with Crippen LogP contribution in [0.25, 0.3) is 0 Å². The maximum atomic E-state index is 10.0. The molecule has 17 heavy (non-hydrogen) atoms. The molecular formula is C13H20N2O2. The van der Waals surface area contributed by atoms with E-state index < -0.39 is 6.10 Å². The molecule has 0 fully saturated rings. The molecule has 0 bridgehead atoms. The van der Waals surface area contributed by atoms with Crippen molar-refractivity contribution < 1.29 is 9.90 Å². The average molecular weight is 236 g/mol. The van der Waals surface area contributed by atoms with Gasteiger partial charge in [-0.3, -0.25) is 4.79 Å². The Balaban J connectivity index is 2.27. The zero-order valence-electron chi connectivity index (χ0n) is 10.1. The number of aliphatic hydroxyl groups is 1. The van der Waals surface area contributed by atoms with E-state index in [4.69, 9.17) is 0 Å². The summed E-state index contributed by atoms with van der Waals surface area (Å²) in [7, 11) is 0. The first-order chi connectivity index (χ1) is 8.26. The lowest BCUT2D eigenvalue weighted by atomic mass is 10.1. The number of hydrogen-bond acceptors (Lipinski definition) is 3. The minimum Gasteiger partial charge on any atom is -0.390 e. The van der Waals surface area contributed by atoms with Gasteiger partial charge in [-0.25, -0.2) is 0 Å². The first-order valence-corrected chi connectivity index (χ1v) is 5.90. The van der Waals surface area contributed by atoms with Crippen molar-refractivity contribution in [3.63, 3.8) is 0 Å². The van der Waals surface area contributed by atoms with E-state index in [0.29, 0.717) is 13.0 Å². The molecule has 1 unspecified atom stereocenters. The van der Waals surface area contributed by atoms with Crippen LogP contribution in [-0.2, 0) is 17.8 Å². The van der Waals surface area contributed by atoms with Crippen molar-refractivity contribution in [3.05, 3.63) is 35.4 Å². The van der Waals surface area contributed by atoms with E-state index in [1.807, 2.05) is 6.07 Å². The van der Waals surface area contributed by atoms with Crippen LogP contribution in [0, 0.1) is 0 Å². The van der Waals surface area contributed by atoms with Crippen LogP contribution in [0.3, 0.4) is 0 Å². The molecule has 0 radical (unpaired) electrons. The maximum absolute atomic E-state index is 10.0. The van der Waals surface area contributed by atoms with E-state index in [9.17, 15) is 9.90 Å². The number of aryl methyl sites for hydroxylation is 1. The number of hydrogen-bond donors (Lipinski definition) is 3. The molecule has 0 spiro atoms. The van der Waals surface area contributed by atoms with E-state index >= 15 is 0 Å². The van der Waals surface area contributed by atoms with Gasteiger partial charge < -0.3 is 15.7 Å². The fourth-order valence-electron chi connectivity index (χ4n) is 1.60. The predicted octanol–water partition coefficient (Wildman–Crippen LogP) is 0.445. The van der Waals surface area contributed by atoms with Gasteiger partial charge in [-0.1, -0.05) is 31.2 Å². The van der Waals surface area contributed by atoms with Gasteiger partial charge in [0.05, 0.1) is 6.10 Å². The van der Waals surface area contributed by atoms with Crippen molar-refractivity contribution in [3.8, 4) is 0 Å². The summed E-state index contributed by atoms with van der Waals surface area (Å²) in [5, 5.41) is 15.1. The van der Waals surface area contributed by atoms with Crippen LogP contribution in [0.1, 0.15) is 18.1 Å². The van der Waals surface area contributed by atoms with Crippen molar-refractivity contribution in [1.29, 1.82) is 0 Å². The second kappa shape index (κ2) is 7.81. The molecule has 0 heterocycles. The number of aliphatic hydroxyl groups excluding tert-OH is 1. The fourth-order valence-corrected chi connectivity index (χ4v) is 1.60. The fraction of sp³-hybridized carbons (Fsp3) is 0.462. The summed E-state index contributed by atoms with van der Waals surface area (Å²) in [5.74, 6) is 0. The van der Waals surface area contributed by atoms with Gasteiger partial charge in [-0.15, -0.1) is 0 Å². The highest BCUT2D eigenvalue weighted by Crippen LogP contribution is 2.05. The number of carbonyl (C=O) groups excluding carboxylic acids is 1. The largest absolute Gasteiger partial charge is 0.390 e. The highest BCUT2D eigenvalue weighted by atomic mass is 16.3. The molecule has 0 aliphatic rings. The monoisotopic (exact) mass is 236 g/mol. The van der Waals surface area contributed by atoms with Crippen LogP contribution < -0.4 is 10.6 Å². The molecule has 1 rings (SSSR count). The summed E-state index contributed by atoms with van der Waals surface area (Å²) in [5.41, 5.74) is 2.52. The second-order valence-corrected chi connectivity index (χ2v) is 3.98. The lowest BCUT2D eigenvalue weighted by Crippen LogP contribution is -2.34. The van der Waals surface area contributed by atoms with Crippen LogP contribution in [0.5, 0.6) is 0 Å². The van der Waals surface area contributed by atoms with Crippen LogP contribution >= 0.6 is 0 Å².